The molecule has 3 aliphatic rings. The van der Waals surface area contributed by atoms with Gasteiger partial charge in [-0.15, -0.1) is 0 Å². The zero-order chi connectivity index (χ0) is 29.1. The van der Waals surface area contributed by atoms with Crippen molar-refractivity contribution in [3.05, 3.63) is 46.8 Å². The zero-order valence-corrected chi connectivity index (χ0v) is 25.2. The number of nitrogens with zero attached hydrogens (tertiary/aromatic N) is 3. The molecule has 1 aromatic rings. The molecule has 7 heteroatoms. The van der Waals surface area contributed by atoms with E-state index in [1.165, 1.54) is 10.6 Å². The largest absolute Gasteiger partial charge is 0.458 e. The van der Waals surface area contributed by atoms with E-state index in [-0.39, 0.29) is 45.6 Å². The smallest absolute Gasteiger partial charge is 0.340 e. The van der Waals surface area contributed by atoms with Gasteiger partial charge in [-0.3, -0.25) is 10.2 Å². The molecule has 0 bridgehead atoms. The normalized spacial score (nSPS) is 27.6. The van der Waals surface area contributed by atoms with Gasteiger partial charge >= 0.3 is 5.97 Å². The summed E-state index contributed by atoms with van der Waals surface area (Å²) in [7, 11) is 0. The van der Waals surface area contributed by atoms with Crippen molar-refractivity contribution in [1.29, 1.82) is 5.26 Å². The Balaban J connectivity index is 1.71. The lowest BCUT2D eigenvalue weighted by atomic mass is 9.59. The van der Waals surface area contributed by atoms with E-state index >= 15 is 0 Å². The quantitative estimate of drug-likeness (QED) is 0.474. The summed E-state index contributed by atoms with van der Waals surface area (Å²) in [5.41, 5.74) is 4.87. The van der Waals surface area contributed by atoms with Crippen LogP contribution >= 0.6 is 0 Å². The molecule has 7 nitrogen and oxygen atoms in total. The van der Waals surface area contributed by atoms with Gasteiger partial charge in [-0.05, 0) is 40.6 Å². The second-order valence-corrected chi connectivity index (χ2v) is 14.8. The van der Waals surface area contributed by atoms with Crippen molar-refractivity contribution in [2.45, 2.75) is 93.6 Å². The summed E-state index contributed by atoms with van der Waals surface area (Å²) >= 11 is 0. The average Bonchev–Trinajstić information content (AvgIpc) is 3.35. The van der Waals surface area contributed by atoms with Crippen LogP contribution in [0.15, 0.2) is 40.7 Å². The van der Waals surface area contributed by atoms with Crippen molar-refractivity contribution in [3.8, 4) is 6.07 Å². The fourth-order valence-electron chi connectivity index (χ4n) is 6.20. The molecule has 3 atom stereocenters. The second kappa shape index (κ2) is 9.80. The molecular weight excluding hydrogens is 488 g/mol. The summed E-state index contributed by atoms with van der Waals surface area (Å²) in [6, 6.07) is 9.99. The Bertz CT molecular complexity index is 1220. The van der Waals surface area contributed by atoms with Crippen LogP contribution in [0.2, 0.25) is 0 Å². The standard InChI is InChI=1S/C32H44N4O3/c1-18-15-22(31(5,6)7)25(23(16-18)32(8,9)10)39-29(38)24-21(17-33)28(37)36-27(24)34-26(35-36)19-11-13-20(14-12-19)30(2,3)4/h11-14,18,21-23,25H,15-16H2,1-10H3,(H,34,35). The molecule has 3 unspecified atom stereocenters. The minimum atomic E-state index is -1.25. The molecule has 2 heterocycles. The van der Waals surface area contributed by atoms with Gasteiger partial charge in [0.15, 0.2) is 17.6 Å². The van der Waals surface area contributed by atoms with Crippen LogP contribution < -0.4 is 5.43 Å². The van der Waals surface area contributed by atoms with Crippen molar-refractivity contribution in [2.24, 2.45) is 39.5 Å². The van der Waals surface area contributed by atoms with E-state index in [0.29, 0.717) is 11.8 Å². The Hall–Kier alpha value is -3.14. The molecule has 1 N–H and O–H groups in total. The molecule has 1 aliphatic carbocycles. The molecule has 0 radical (unpaired) electrons. The van der Waals surface area contributed by atoms with Crippen LogP contribution in [-0.2, 0) is 19.7 Å². The Kier molecular flexibility index (Phi) is 7.25. The van der Waals surface area contributed by atoms with Crippen LogP contribution in [0.3, 0.4) is 0 Å². The van der Waals surface area contributed by atoms with E-state index in [1.54, 1.807) is 0 Å². The fraction of sp³-hybridized carbons (Fsp3) is 0.625. The van der Waals surface area contributed by atoms with E-state index in [2.05, 4.69) is 79.7 Å². The number of nitriles is 1. The topological polar surface area (TPSA) is 94.8 Å². The maximum absolute atomic E-state index is 13.9. The number of hydrogen-bond donors (Lipinski definition) is 1. The summed E-state index contributed by atoms with van der Waals surface area (Å²) in [5.74, 6) is -0.945. The number of ether oxygens (including phenoxy) is 1. The molecule has 1 amide bonds. The summed E-state index contributed by atoms with van der Waals surface area (Å²) in [5, 5.41) is 11.1. The number of carbonyl (C=O) groups is 2. The number of hydrazine groups is 1. The third-order valence-corrected chi connectivity index (χ3v) is 8.59. The molecular formula is C32H44N4O3. The van der Waals surface area contributed by atoms with Gasteiger partial charge in [0.1, 0.15) is 11.7 Å². The lowest BCUT2D eigenvalue weighted by Crippen LogP contribution is -2.49. The lowest BCUT2D eigenvalue weighted by Gasteiger charge is -2.50. The van der Waals surface area contributed by atoms with Gasteiger partial charge in [-0.1, -0.05) is 93.5 Å². The highest BCUT2D eigenvalue weighted by molar-refractivity contribution is 6.09. The highest BCUT2D eigenvalue weighted by Crippen LogP contribution is 2.50. The van der Waals surface area contributed by atoms with Crippen LogP contribution in [0.1, 0.15) is 93.2 Å². The molecule has 39 heavy (non-hydrogen) atoms. The van der Waals surface area contributed by atoms with Crippen molar-refractivity contribution >= 4 is 17.7 Å². The number of amides is 1. The number of fused-ring (bicyclic) bond motifs is 1. The average molecular weight is 533 g/mol. The number of benzene rings is 1. The molecule has 0 aromatic heterocycles. The Morgan fingerprint density at radius 1 is 1.00 bits per heavy atom. The summed E-state index contributed by atoms with van der Waals surface area (Å²) in [6.45, 7) is 21.9. The van der Waals surface area contributed by atoms with Crippen molar-refractivity contribution in [3.63, 3.8) is 0 Å². The van der Waals surface area contributed by atoms with Crippen LogP contribution in [0.4, 0.5) is 0 Å². The highest BCUT2D eigenvalue weighted by atomic mass is 16.5. The molecule has 0 saturated heterocycles. The van der Waals surface area contributed by atoms with Gasteiger partial charge in [0.2, 0.25) is 0 Å². The molecule has 1 fully saturated rings. The van der Waals surface area contributed by atoms with Crippen LogP contribution in [0.25, 0.3) is 0 Å². The third-order valence-electron chi connectivity index (χ3n) is 8.59. The van der Waals surface area contributed by atoms with Crippen LogP contribution in [0, 0.1) is 45.8 Å². The summed E-state index contributed by atoms with van der Waals surface area (Å²) in [4.78, 5) is 31.7. The molecule has 4 rings (SSSR count). The maximum Gasteiger partial charge on any atom is 0.340 e. The number of rotatable bonds is 3. The number of esters is 1. The molecule has 2 aliphatic heterocycles. The van der Waals surface area contributed by atoms with E-state index in [1.807, 2.05) is 30.3 Å². The van der Waals surface area contributed by atoms with E-state index in [0.717, 1.165) is 18.4 Å². The number of carbonyl (C=O) groups excluding carboxylic acids is 2. The minimum absolute atomic E-state index is 0.00559. The Morgan fingerprint density at radius 2 is 1.54 bits per heavy atom. The number of nitrogens with one attached hydrogen (secondary N) is 1. The Labute approximate surface area is 233 Å². The molecule has 210 valence electrons. The molecule has 1 aromatic carbocycles. The fourth-order valence-corrected chi connectivity index (χ4v) is 6.20. The minimum Gasteiger partial charge on any atom is -0.458 e. The predicted octanol–water partition coefficient (Wildman–Crippen LogP) is 6.11. The van der Waals surface area contributed by atoms with Gasteiger partial charge < -0.3 is 4.74 Å². The predicted molar refractivity (Wildman–Crippen MR) is 152 cm³/mol. The number of hydrogen-bond acceptors (Lipinski definition) is 6. The Morgan fingerprint density at radius 3 is 2.00 bits per heavy atom. The van der Waals surface area contributed by atoms with Crippen molar-refractivity contribution in [2.75, 3.05) is 0 Å². The second-order valence-electron chi connectivity index (χ2n) is 14.8. The first-order chi connectivity index (χ1) is 17.9. The van der Waals surface area contributed by atoms with Crippen LogP contribution in [0.5, 0.6) is 0 Å². The van der Waals surface area contributed by atoms with E-state index in [4.69, 9.17) is 4.74 Å². The van der Waals surface area contributed by atoms with Gasteiger partial charge in [0, 0.05) is 17.4 Å². The number of aliphatic imine (C=N–C) groups is 1. The summed E-state index contributed by atoms with van der Waals surface area (Å²) < 4.78 is 6.36. The van der Waals surface area contributed by atoms with Crippen molar-refractivity contribution in [1.82, 2.24) is 10.4 Å². The zero-order valence-electron chi connectivity index (χ0n) is 25.2. The maximum atomic E-state index is 13.9. The molecule has 0 spiro atoms. The highest BCUT2D eigenvalue weighted by Gasteiger charge is 2.51. The van der Waals surface area contributed by atoms with Gasteiger partial charge in [0.25, 0.3) is 5.91 Å². The van der Waals surface area contributed by atoms with Crippen LogP contribution in [-0.4, -0.2) is 28.8 Å². The molecule has 1 saturated carbocycles. The van der Waals surface area contributed by atoms with Gasteiger partial charge in [0.05, 0.1) is 6.07 Å². The van der Waals surface area contributed by atoms with Gasteiger partial charge in [-0.2, -0.15) is 5.26 Å². The summed E-state index contributed by atoms with van der Waals surface area (Å²) in [6.07, 6.45) is 1.59. The third kappa shape index (κ3) is 5.48. The number of amidine groups is 1. The van der Waals surface area contributed by atoms with E-state index in [9.17, 15) is 14.9 Å². The SMILES string of the molecule is CC1CC(C(C)(C)C)C(OC(=O)C2=C3N=C(c4ccc(C(C)(C)C)cc4)NN3C(=O)C2C#N)C(C(C)(C)C)C1. The monoisotopic (exact) mass is 532 g/mol. The first-order valence-corrected chi connectivity index (χ1v) is 14.1. The first-order valence-electron chi connectivity index (χ1n) is 14.1. The van der Waals surface area contributed by atoms with Gasteiger partial charge in [-0.25, -0.2) is 14.8 Å². The lowest BCUT2D eigenvalue weighted by molar-refractivity contribution is -0.165. The van der Waals surface area contributed by atoms with E-state index < -0.39 is 17.8 Å². The first kappa shape index (κ1) is 28.9. The van der Waals surface area contributed by atoms with Crippen molar-refractivity contribution < 1.29 is 14.3 Å².